The molecule has 0 saturated carbocycles. The molecule has 0 N–H and O–H groups in total. The largest absolute Gasteiger partial charge is 0.292 e. The number of rotatable bonds is 4. The highest BCUT2D eigenvalue weighted by Crippen LogP contribution is 2.18. The first-order valence-corrected chi connectivity index (χ1v) is 6.71. The molecule has 19 heavy (non-hydrogen) atoms. The van der Waals surface area contributed by atoms with Crippen LogP contribution in [0.5, 0.6) is 0 Å². The lowest BCUT2D eigenvalue weighted by Crippen LogP contribution is -2.12. The summed E-state index contributed by atoms with van der Waals surface area (Å²) in [6.45, 7) is 6.69. The van der Waals surface area contributed by atoms with Gasteiger partial charge in [-0.3, -0.25) is 9.48 Å². The van der Waals surface area contributed by atoms with Crippen molar-refractivity contribution in [2.24, 2.45) is 0 Å². The number of ketones is 1. The van der Waals surface area contributed by atoms with E-state index >= 15 is 0 Å². The molecule has 1 aromatic carbocycles. The first kappa shape index (κ1) is 13.8. The van der Waals surface area contributed by atoms with Crippen molar-refractivity contribution in [3.05, 3.63) is 51.8 Å². The normalized spacial score (nSPS) is 10.7. The van der Waals surface area contributed by atoms with Gasteiger partial charge in [-0.15, -0.1) is 0 Å². The van der Waals surface area contributed by atoms with E-state index in [1.165, 1.54) is 17.3 Å². The van der Waals surface area contributed by atoms with Gasteiger partial charge in [-0.05, 0) is 37.5 Å². The summed E-state index contributed by atoms with van der Waals surface area (Å²) in [6.07, 6.45) is 1.88. The van der Waals surface area contributed by atoms with E-state index in [0.29, 0.717) is 23.7 Å². The third kappa shape index (κ3) is 2.87. The van der Waals surface area contributed by atoms with Crippen LogP contribution in [0.4, 0.5) is 0 Å². The first-order valence-electron chi connectivity index (χ1n) is 6.33. The van der Waals surface area contributed by atoms with Crippen molar-refractivity contribution < 1.29 is 4.79 Å². The van der Waals surface area contributed by atoms with Gasteiger partial charge in [0.25, 0.3) is 0 Å². The zero-order valence-electron chi connectivity index (χ0n) is 11.4. The number of carbonyl (C=O) groups is 1. The van der Waals surface area contributed by atoms with E-state index in [2.05, 4.69) is 12.0 Å². The van der Waals surface area contributed by atoms with Gasteiger partial charge in [0.1, 0.15) is 5.69 Å². The molecule has 0 aliphatic heterocycles. The highest BCUT2D eigenvalue weighted by molar-refractivity contribution is 6.33. The Balaban J connectivity index is 2.25. The number of aryl methyl sites for hydroxylation is 3. The Morgan fingerprint density at radius 2 is 2.05 bits per heavy atom. The summed E-state index contributed by atoms with van der Waals surface area (Å²) in [7, 11) is 0. The summed E-state index contributed by atoms with van der Waals surface area (Å²) in [4.78, 5) is 12.3. The molecule has 0 spiro atoms. The molecule has 1 heterocycles. The Labute approximate surface area is 118 Å². The molecule has 2 aromatic rings. The van der Waals surface area contributed by atoms with Gasteiger partial charge in [-0.2, -0.15) is 5.10 Å². The summed E-state index contributed by atoms with van der Waals surface area (Å²) in [5.41, 5.74) is 3.93. The summed E-state index contributed by atoms with van der Waals surface area (Å²) < 4.78 is 1.64. The molecule has 0 atom stereocenters. The molecule has 0 amide bonds. The first-order chi connectivity index (χ1) is 9.02. The Hall–Kier alpha value is -1.61. The Bertz CT molecular complexity index is 617. The fraction of sp³-hybridized carbons (Fsp3) is 0.333. The van der Waals surface area contributed by atoms with Crippen LogP contribution in [0.1, 0.15) is 34.1 Å². The molecule has 0 radical (unpaired) electrons. The molecule has 2 rings (SSSR count). The number of hydrogen-bond acceptors (Lipinski definition) is 2. The number of aromatic nitrogens is 2. The molecule has 0 fully saturated rings. The maximum atomic E-state index is 12.3. The zero-order chi connectivity index (χ0) is 14.0. The van der Waals surface area contributed by atoms with E-state index in [4.69, 9.17) is 11.6 Å². The minimum atomic E-state index is 0.00704. The Kier molecular flexibility index (Phi) is 4.05. The molecule has 0 bridgehead atoms. The third-order valence-electron chi connectivity index (χ3n) is 3.29. The Morgan fingerprint density at radius 3 is 2.68 bits per heavy atom. The van der Waals surface area contributed by atoms with Crippen molar-refractivity contribution in [1.82, 2.24) is 9.78 Å². The smallest absolute Gasteiger partial charge is 0.186 e. The second-order valence-corrected chi connectivity index (χ2v) is 5.08. The van der Waals surface area contributed by atoms with Crippen molar-refractivity contribution in [1.29, 1.82) is 0 Å². The van der Waals surface area contributed by atoms with E-state index in [0.717, 1.165) is 5.56 Å². The molecular formula is C15H17ClN2O. The summed E-state index contributed by atoms with van der Waals surface area (Å²) in [5, 5.41) is 4.52. The second kappa shape index (κ2) is 5.57. The minimum absolute atomic E-state index is 0.00704. The summed E-state index contributed by atoms with van der Waals surface area (Å²) in [5.74, 6) is 0.00704. The fourth-order valence-electron chi connectivity index (χ4n) is 2.06. The van der Waals surface area contributed by atoms with E-state index < -0.39 is 0 Å². The highest BCUT2D eigenvalue weighted by atomic mass is 35.5. The van der Waals surface area contributed by atoms with Crippen LogP contribution in [0.2, 0.25) is 5.02 Å². The third-order valence-corrected chi connectivity index (χ3v) is 3.57. The lowest BCUT2D eigenvalue weighted by Gasteiger charge is -2.07. The van der Waals surface area contributed by atoms with Crippen molar-refractivity contribution >= 4 is 17.4 Å². The van der Waals surface area contributed by atoms with Gasteiger partial charge < -0.3 is 0 Å². The molecule has 0 unspecified atom stereocenters. The molecule has 4 heteroatoms. The van der Waals surface area contributed by atoms with Crippen LogP contribution in [0.15, 0.2) is 24.4 Å². The number of hydrogen-bond donors (Lipinski definition) is 0. The van der Waals surface area contributed by atoms with E-state index in [-0.39, 0.29) is 5.78 Å². The molecule has 0 aliphatic carbocycles. The molecule has 0 aliphatic rings. The summed E-state index contributed by atoms with van der Waals surface area (Å²) >= 11 is 6.04. The van der Waals surface area contributed by atoms with Gasteiger partial charge >= 0.3 is 0 Å². The monoisotopic (exact) mass is 276 g/mol. The van der Waals surface area contributed by atoms with Crippen LogP contribution < -0.4 is 0 Å². The van der Waals surface area contributed by atoms with Crippen LogP contribution in [0.25, 0.3) is 0 Å². The average molecular weight is 277 g/mol. The zero-order valence-corrected chi connectivity index (χ0v) is 12.2. The van der Waals surface area contributed by atoms with Gasteiger partial charge in [0.05, 0.1) is 11.2 Å². The van der Waals surface area contributed by atoms with Gasteiger partial charge in [0.2, 0.25) is 0 Å². The van der Waals surface area contributed by atoms with E-state index in [9.17, 15) is 4.79 Å². The minimum Gasteiger partial charge on any atom is -0.292 e. The predicted molar refractivity (Wildman–Crippen MR) is 76.9 cm³/mol. The van der Waals surface area contributed by atoms with Crippen LogP contribution in [0, 0.1) is 13.8 Å². The van der Waals surface area contributed by atoms with Crippen LogP contribution in [-0.4, -0.2) is 15.6 Å². The maximum Gasteiger partial charge on any atom is 0.186 e. The van der Waals surface area contributed by atoms with Crippen molar-refractivity contribution in [2.45, 2.75) is 33.7 Å². The topological polar surface area (TPSA) is 34.9 Å². The van der Waals surface area contributed by atoms with Crippen molar-refractivity contribution in [2.75, 3.05) is 0 Å². The number of nitrogens with zero attached hydrogens (tertiary/aromatic N) is 2. The molecule has 1 aromatic heterocycles. The second-order valence-electron chi connectivity index (χ2n) is 4.68. The number of Topliss-reactive ketones (excluding diaryl/α,β-unsaturated/α-hetero) is 1. The number of halogens is 1. The molecule has 0 saturated heterocycles. The van der Waals surface area contributed by atoms with Gasteiger partial charge in [-0.25, -0.2) is 0 Å². The van der Waals surface area contributed by atoms with Crippen LogP contribution >= 0.6 is 11.6 Å². The van der Waals surface area contributed by atoms with Crippen molar-refractivity contribution in [3.63, 3.8) is 0 Å². The standard InChI is InChI=1S/C15H17ClN2O/c1-4-18-15(13(16)9-17-18)14(19)8-12-6-5-10(2)11(3)7-12/h5-7,9H,4,8H2,1-3H3. The molecular weight excluding hydrogens is 260 g/mol. The SMILES string of the molecule is CCn1ncc(Cl)c1C(=O)Cc1ccc(C)c(C)c1. The summed E-state index contributed by atoms with van der Waals surface area (Å²) in [6, 6.07) is 6.07. The molecule has 100 valence electrons. The van der Waals surface area contributed by atoms with Crippen molar-refractivity contribution in [3.8, 4) is 0 Å². The quantitative estimate of drug-likeness (QED) is 0.800. The number of benzene rings is 1. The van der Waals surface area contributed by atoms with E-state index in [1.54, 1.807) is 4.68 Å². The van der Waals surface area contributed by atoms with Gasteiger partial charge in [-0.1, -0.05) is 29.8 Å². The van der Waals surface area contributed by atoms with Crippen LogP contribution in [0.3, 0.4) is 0 Å². The maximum absolute atomic E-state index is 12.3. The average Bonchev–Trinajstić information content (AvgIpc) is 2.75. The molecule has 3 nitrogen and oxygen atoms in total. The van der Waals surface area contributed by atoms with E-state index in [1.807, 2.05) is 32.0 Å². The van der Waals surface area contributed by atoms with Gasteiger partial charge in [0.15, 0.2) is 5.78 Å². The lowest BCUT2D eigenvalue weighted by atomic mass is 10.0. The fourth-order valence-corrected chi connectivity index (χ4v) is 2.31. The van der Waals surface area contributed by atoms with Gasteiger partial charge in [0, 0.05) is 13.0 Å². The number of carbonyl (C=O) groups excluding carboxylic acids is 1. The lowest BCUT2D eigenvalue weighted by molar-refractivity contribution is 0.0983. The van der Waals surface area contributed by atoms with Crippen LogP contribution in [-0.2, 0) is 13.0 Å². The predicted octanol–water partition coefficient (Wildman–Crippen LogP) is 3.60. The highest BCUT2D eigenvalue weighted by Gasteiger charge is 2.17. The Morgan fingerprint density at radius 1 is 1.32 bits per heavy atom.